The zero-order valence-corrected chi connectivity index (χ0v) is 10.9. The van der Waals surface area contributed by atoms with E-state index >= 15 is 0 Å². The van der Waals surface area contributed by atoms with Crippen LogP contribution in [0.25, 0.3) is 0 Å². The van der Waals surface area contributed by atoms with Crippen LogP contribution in [0, 0.1) is 0 Å². The number of rotatable bonds is 4. The Morgan fingerprint density at radius 3 is 2.56 bits per heavy atom. The van der Waals surface area contributed by atoms with Crippen molar-refractivity contribution >= 4 is 17.4 Å². The molecule has 0 saturated heterocycles. The van der Waals surface area contributed by atoms with Crippen molar-refractivity contribution in [1.29, 1.82) is 0 Å². The Morgan fingerprint density at radius 1 is 1.22 bits per heavy atom. The first-order chi connectivity index (χ1) is 8.70. The molecule has 0 atom stereocenters. The van der Waals surface area contributed by atoms with E-state index in [0.29, 0.717) is 5.02 Å². The van der Waals surface area contributed by atoms with Crippen molar-refractivity contribution in [3.63, 3.8) is 0 Å². The van der Waals surface area contributed by atoms with Gasteiger partial charge >= 0.3 is 0 Å². The van der Waals surface area contributed by atoms with Crippen molar-refractivity contribution in [2.24, 2.45) is 0 Å². The summed E-state index contributed by atoms with van der Waals surface area (Å²) in [6.45, 7) is 0.696. The average molecular weight is 263 g/mol. The molecule has 1 aromatic heterocycles. The molecule has 0 unspecified atom stereocenters. The maximum absolute atomic E-state index is 9.01. The molecule has 0 radical (unpaired) electrons. The second kappa shape index (κ2) is 5.85. The molecule has 1 N–H and O–H groups in total. The lowest BCUT2D eigenvalue weighted by Gasteiger charge is -2.19. The summed E-state index contributed by atoms with van der Waals surface area (Å²) in [5, 5.41) is 9.57. The number of pyridine rings is 1. The van der Waals surface area contributed by atoms with Crippen molar-refractivity contribution in [3.05, 3.63) is 58.7 Å². The minimum atomic E-state index is -0.0462. The number of aromatic nitrogens is 1. The molecule has 0 aliphatic heterocycles. The summed E-state index contributed by atoms with van der Waals surface area (Å²) in [6, 6.07) is 11.9. The maximum atomic E-state index is 9.01. The molecule has 2 aromatic rings. The lowest BCUT2D eigenvalue weighted by Crippen LogP contribution is -2.18. The normalized spacial score (nSPS) is 10.4. The van der Waals surface area contributed by atoms with Gasteiger partial charge in [0.25, 0.3) is 0 Å². The predicted octanol–water partition coefficient (Wildman–Crippen LogP) is 2.86. The summed E-state index contributed by atoms with van der Waals surface area (Å²) in [4.78, 5) is 6.26. The van der Waals surface area contributed by atoms with Crippen LogP contribution in [0.3, 0.4) is 0 Å². The van der Waals surface area contributed by atoms with Crippen molar-refractivity contribution in [2.75, 3.05) is 11.9 Å². The van der Waals surface area contributed by atoms with E-state index in [0.717, 1.165) is 17.9 Å². The molecule has 18 heavy (non-hydrogen) atoms. The number of benzene rings is 1. The number of aliphatic hydroxyl groups excluding tert-OH is 1. The van der Waals surface area contributed by atoms with Crippen LogP contribution in [0.4, 0.5) is 5.82 Å². The Labute approximate surface area is 112 Å². The van der Waals surface area contributed by atoms with Crippen LogP contribution in [-0.2, 0) is 13.2 Å². The SMILES string of the molecule is CN(Cc1ccccc1)c1ncc(CO)cc1Cl. The van der Waals surface area contributed by atoms with Gasteiger partial charge in [-0.25, -0.2) is 4.98 Å². The lowest BCUT2D eigenvalue weighted by atomic mass is 10.2. The van der Waals surface area contributed by atoms with Crippen LogP contribution in [0.1, 0.15) is 11.1 Å². The number of nitrogens with zero attached hydrogens (tertiary/aromatic N) is 2. The molecule has 0 saturated carbocycles. The Hall–Kier alpha value is -1.58. The summed E-state index contributed by atoms with van der Waals surface area (Å²) in [6.07, 6.45) is 1.64. The first kappa shape index (κ1) is 12.9. The molecule has 1 aromatic carbocycles. The van der Waals surface area contributed by atoms with Crippen LogP contribution in [0.15, 0.2) is 42.6 Å². The fourth-order valence-electron chi connectivity index (χ4n) is 1.77. The van der Waals surface area contributed by atoms with Crippen LogP contribution < -0.4 is 4.90 Å². The van der Waals surface area contributed by atoms with E-state index in [1.165, 1.54) is 5.56 Å². The molecule has 4 heteroatoms. The third-order valence-corrected chi connectivity index (χ3v) is 2.96. The van der Waals surface area contributed by atoms with Gasteiger partial charge in [0.2, 0.25) is 0 Å². The highest BCUT2D eigenvalue weighted by Crippen LogP contribution is 2.24. The van der Waals surface area contributed by atoms with Gasteiger partial charge in [0.1, 0.15) is 5.82 Å². The summed E-state index contributed by atoms with van der Waals surface area (Å²) in [5.74, 6) is 0.720. The van der Waals surface area contributed by atoms with E-state index in [1.807, 2.05) is 30.1 Å². The van der Waals surface area contributed by atoms with Gasteiger partial charge in [-0.15, -0.1) is 0 Å². The van der Waals surface area contributed by atoms with E-state index in [9.17, 15) is 0 Å². The van der Waals surface area contributed by atoms with Gasteiger partial charge in [0, 0.05) is 19.8 Å². The maximum Gasteiger partial charge on any atom is 0.147 e. The third kappa shape index (κ3) is 3.00. The van der Waals surface area contributed by atoms with E-state index in [4.69, 9.17) is 16.7 Å². The molecular weight excluding hydrogens is 248 g/mol. The highest BCUT2D eigenvalue weighted by atomic mass is 35.5. The first-order valence-corrected chi connectivity index (χ1v) is 6.09. The number of halogens is 1. The number of hydrogen-bond donors (Lipinski definition) is 1. The minimum absolute atomic E-state index is 0.0462. The number of hydrogen-bond acceptors (Lipinski definition) is 3. The molecule has 94 valence electrons. The summed E-state index contributed by atoms with van der Waals surface area (Å²) in [5.41, 5.74) is 1.92. The van der Waals surface area contributed by atoms with Crippen LogP contribution in [0.2, 0.25) is 5.02 Å². The molecular formula is C14H15ClN2O. The van der Waals surface area contributed by atoms with Gasteiger partial charge in [-0.05, 0) is 17.2 Å². The summed E-state index contributed by atoms with van der Waals surface area (Å²) < 4.78 is 0. The van der Waals surface area contributed by atoms with Gasteiger partial charge in [-0.1, -0.05) is 41.9 Å². The van der Waals surface area contributed by atoms with Gasteiger partial charge < -0.3 is 10.0 Å². The molecule has 0 bridgehead atoms. The largest absolute Gasteiger partial charge is 0.392 e. The van der Waals surface area contributed by atoms with E-state index in [1.54, 1.807) is 12.3 Å². The second-order valence-corrected chi connectivity index (χ2v) is 4.56. The van der Waals surface area contributed by atoms with E-state index < -0.39 is 0 Å². The monoisotopic (exact) mass is 262 g/mol. The van der Waals surface area contributed by atoms with Crippen LogP contribution >= 0.6 is 11.6 Å². The standard InChI is InChI=1S/C14H15ClN2O/c1-17(9-11-5-3-2-4-6-11)14-13(15)7-12(10-18)8-16-14/h2-8,18H,9-10H2,1H3. The average Bonchev–Trinajstić information content (AvgIpc) is 2.39. The predicted molar refractivity (Wildman–Crippen MR) is 73.7 cm³/mol. The molecule has 2 rings (SSSR count). The highest BCUT2D eigenvalue weighted by molar-refractivity contribution is 6.33. The Bertz CT molecular complexity index is 516. The lowest BCUT2D eigenvalue weighted by molar-refractivity contribution is 0.281. The Morgan fingerprint density at radius 2 is 1.94 bits per heavy atom. The van der Waals surface area contributed by atoms with Crippen LogP contribution in [0.5, 0.6) is 0 Å². The van der Waals surface area contributed by atoms with Crippen LogP contribution in [-0.4, -0.2) is 17.1 Å². The Balaban J connectivity index is 2.16. The third-order valence-electron chi connectivity index (χ3n) is 2.69. The fraction of sp³-hybridized carbons (Fsp3) is 0.214. The smallest absolute Gasteiger partial charge is 0.147 e. The molecule has 0 aliphatic rings. The number of anilines is 1. The minimum Gasteiger partial charge on any atom is -0.392 e. The van der Waals surface area contributed by atoms with Gasteiger partial charge in [0.15, 0.2) is 0 Å². The zero-order valence-electron chi connectivity index (χ0n) is 10.2. The Kier molecular flexibility index (Phi) is 4.18. The highest BCUT2D eigenvalue weighted by Gasteiger charge is 2.09. The molecule has 3 nitrogen and oxygen atoms in total. The molecule has 0 fully saturated rings. The molecule has 0 amide bonds. The fourth-order valence-corrected chi connectivity index (χ4v) is 2.10. The van der Waals surface area contributed by atoms with Gasteiger partial charge in [-0.2, -0.15) is 0 Å². The molecule has 0 aliphatic carbocycles. The van der Waals surface area contributed by atoms with E-state index in [-0.39, 0.29) is 6.61 Å². The van der Waals surface area contributed by atoms with Crippen molar-refractivity contribution in [3.8, 4) is 0 Å². The van der Waals surface area contributed by atoms with Crippen molar-refractivity contribution < 1.29 is 5.11 Å². The quantitative estimate of drug-likeness (QED) is 0.921. The summed E-state index contributed by atoms with van der Waals surface area (Å²) in [7, 11) is 1.94. The molecule has 0 spiro atoms. The second-order valence-electron chi connectivity index (χ2n) is 4.15. The number of aliphatic hydroxyl groups is 1. The topological polar surface area (TPSA) is 36.4 Å². The van der Waals surface area contributed by atoms with Gasteiger partial charge in [-0.3, -0.25) is 0 Å². The van der Waals surface area contributed by atoms with E-state index in [2.05, 4.69) is 17.1 Å². The van der Waals surface area contributed by atoms with Crippen molar-refractivity contribution in [1.82, 2.24) is 4.98 Å². The first-order valence-electron chi connectivity index (χ1n) is 5.71. The summed E-state index contributed by atoms with van der Waals surface area (Å²) >= 11 is 6.15. The zero-order chi connectivity index (χ0) is 13.0. The van der Waals surface area contributed by atoms with Gasteiger partial charge in [0.05, 0.1) is 11.6 Å². The molecule has 1 heterocycles. The van der Waals surface area contributed by atoms with Crippen molar-refractivity contribution in [2.45, 2.75) is 13.2 Å².